The number of amides is 2. The molecule has 0 atom stereocenters. The third kappa shape index (κ3) is 6.22. The Balaban J connectivity index is 1.94. The predicted molar refractivity (Wildman–Crippen MR) is 107 cm³/mol. The Kier molecular flexibility index (Phi) is 8.12. The van der Waals surface area contributed by atoms with E-state index in [1.165, 1.54) is 21.3 Å². The molecule has 0 bridgehead atoms. The molecule has 162 valence electrons. The Labute approximate surface area is 171 Å². The standard InChI is InChI=1S/C19H29FN4O4S/c1-4-9-22(14-18(25)21(2)3)15-19(26)23-10-12-24(13-11-23)29(27,28)17-7-5-16(20)6-8-17/h5-8H,4,9-15H2,1-3H3. The molecule has 0 unspecified atom stereocenters. The number of halogens is 1. The third-order valence-electron chi connectivity index (χ3n) is 4.80. The summed E-state index contributed by atoms with van der Waals surface area (Å²) < 4.78 is 39.7. The predicted octanol–water partition coefficient (Wildman–Crippen LogP) is 0.459. The van der Waals surface area contributed by atoms with Crippen LogP contribution in [-0.2, 0) is 19.6 Å². The van der Waals surface area contributed by atoms with E-state index in [1.54, 1.807) is 19.0 Å². The molecule has 0 N–H and O–H groups in total. The fourth-order valence-electron chi connectivity index (χ4n) is 3.09. The van der Waals surface area contributed by atoms with Gasteiger partial charge in [-0.05, 0) is 37.2 Å². The Morgan fingerprint density at radius 3 is 2.14 bits per heavy atom. The van der Waals surface area contributed by atoms with E-state index in [1.807, 2.05) is 11.8 Å². The van der Waals surface area contributed by atoms with Crippen molar-refractivity contribution in [3.8, 4) is 0 Å². The fraction of sp³-hybridized carbons (Fsp3) is 0.579. The van der Waals surface area contributed by atoms with E-state index < -0.39 is 15.8 Å². The van der Waals surface area contributed by atoms with Gasteiger partial charge in [-0.2, -0.15) is 4.31 Å². The van der Waals surface area contributed by atoms with Crippen molar-refractivity contribution in [1.82, 2.24) is 19.0 Å². The first kappa shape index (κ1) is 23.2. The zero-order chi connectivity index (χ0) is 21.6. The first-order chi connectivity index (χ1) is 13.6. The highest BCUT2D eigenvalue weighted by Gasteiger charge is 2.30. The molecule has 1 saturated heterocycles. The SMILES string of the molecule is CCCN(CC(=O)N(C)C)CC(=O)N1CCN(S(=O)(=O)c2ccc(F)cc2)CC1. The second kappa shape index (κ2) is 10.1. The number of nitrogens with zero attached hydrogens (tertiary/aromatic N) is 4. The van der Waals surface area contributed by atoms with Crippen molar-refractivity contribution in [2.45, 2.75) is 18.2 Å². The van der Waals surface area contributed by atoms with E-state index >= 15 is 0 Å². The van der Waals surface area contributed by atoms with Crippen LogP contribution in [0.5, 0.6) is 0 Å². The summed E-state index contributed by atoms with van der Waals surface area (Å²) in [6, 6.07) is 4.72. The molecule has 0 radical (unpaired) electrons. The second-order valence-electron chi connectivity index (χ2n) is 7.24. The van der Waals surface area contributed by atoms with Gasteiger partial charge in [0.05, 0.1) is 18.0 Å². The molecular formula is C19H29FN4O4S. The van der Waals surface area contributed by atoms with Crippen molar-refractivity contribution in [2.24, 2.45) is 0 Å². The maximum atomic E-state index is 13.1. The van der Waals surface area contributed by atoms with Crippen molar-refractivity contribution in [2.75, 3.05) is 59.9 Å². The Morgan fingerprint density at radius 2 is 1.62 bits per heavy atom. The highest BCUT2D eigenvalue weighted by molar-refractivity contribution is 7.89. The first-order valence-corrected chi connectivity index (χ1v) is 11.0. The molecule has 29 heavy (non-hydrogen) atoms. The molecule has 1 heterocycles. The van der Waals surface area contributed by atoms with Gasteiger partial charge in [0.2, 0.25) is 21.8 Å². The molecule has 1 fully saturated rings. The van der Waals surface area contributed by atoms with Crippen LogP contribution in [0.4, 0.5) is 4.39 Å². The van der Waals surface area contributed by atoms with Gasteiger partial charge >= 0.3 is 0 Å². The third-order valence-corrected chi connectivity index (χ3v) is 6.71. The highest BCUT2D eigenvalue weighted by atomic mass is 32.2. The molecule has 0 spiro atoms. The smallest absolute Gasteiger partial charge is 0.243 e. The summed E-state index contributed by atoms with van der Waals surface area (Å²) in [5.41, 5.74) is 0. The topological polar surface area (TPSA) is 81.2 Å². The lowest BCUT2D eigenvalue weighted by atomic mass is 10.3. The lowest BCUT2D eigenvalue weighted by Gasteiger charge is -2.35. The van der Waals surface area contributed by atoms with Crippen LogP contribution in [0.1, 0.15) is 13.3 Å². The van der Waals surface area contributed by atoms with Crippen LogP contribution < -0.4 is 0 Å². The average Bonchev–Trinajstić information content (AvgIpc) is 2.68. The van der Waals surface area contributed by atoms with Crippen LogP contribution >= 0.6 is 0 Å². The normalized spacial score (nSPS) is 15.6. The molecule has 1 aromatic rings. The Morgan fingerprint density at radius 1 is 1.03 bits per heavy atom. The van der Waals surface area contributed by atoms with E-state index in [9.17, 15) is 22.4 Å². The number of rotatable bonds is 8. The van der Waals surface area contributed by atoms with E-state index in [0.717, 1.165) is 18.6 Å². The highest BCUT2D eigenvalue weighted by Crippen LogP contribution is 2.18. The summed E-state index contributed by atoms with van der Waals surface area (Å²) >= 11 is 0. The number of likely N-dealkylation sites (N-methyl/N-ethyl adjacent to an activating group) is 1. The van der Waals surface area contributed by atoms with Gasteiger partial charge in [0.15, 0.2) is 0 Å². The van der Waals surface area contributed by atoms with Crippen LogP contribution in [0.15, 0.2) is 29.2 Å². The Hall–Kier alpha value is -2.04. The van der Waals surface area contributed by atoms with Crippen LogP contribution in [0.2, 0.25) is 0 Å². The summed E-state index contributed by atoms with van der Waals surface area (Å²) in [5.74, 6) is -0.686. The van der Waals surface area contributed by atoms with Crippen molar-refractivity contribution >= 4 is 21.8 Å². The monoisotopic (exact) mass is 428 g/mol. The van der Waals surface area contributed by atoms with Crippen molar-refractivity contribution in [1.29, 1.82) is 0 Å². The van der Waals surface area contributed by atoms with Gasteiger partial charge in [-0.25, -0.2) is 12.8 Å². The molecule has 8 nitrogen and oxygen atoms in total. The van der Waals surface area contributed by atoms with Crippen molar-refractivity contribution in [3.05, 3.63) is 30.1 Å². The van der Waals surface area contributed by atoms with Gasteiger partial charge in [-0.15, -0.1) is 0 Å². The van der Waals surface area contributed by atoms with Gasteiger partial charge in [0.1, 0.15) is 5.82 Å². The maximum absolute atomic E-state index is 13.1. The van der Waals surface area contributed by atoms with E-state index in [-0.39, 0.29) is 56.0 Å². The van der Waals surface area contributed by atoms with Crippen LogP contribution in [0.3, 0.4) is 0 Å². The first-order valence-electron chi connectivity index (χ1n) is 9.61. The number of carbonyl (C=O) groups is 2. The van der Waals surface area contributed by atoms with Gasteiger partial charge in [-0.3, -0.25) is 14.5 Å². The fourth-order valence-corrected chi connectivity index (χ4v) is 4.51. The zero-order valence-electron chi connectivity index (χ0n) is 17.2. The molecule has 2 amide bonds. The molecule has 1 aliphatic rings. The maximum Gasteiger partial charge on any atom is 0.243 e. The molecule has 1 aliphatic heterocycles. The van der Waals surface area contributed by atoms with E-state index in [4.69, 9.17) is 0 Å². The lowest BCUT2D eigenvalue weighted by Crippen LogP contribution is -2.53. The van der Waals surface area contributed by atoms with E-state index in [2.05, 4.69) is 0 Å². The van der Waals surface area contributed by atoms with Gasteiger partial charge in [-0.1, -0.05) is 6.92 Å². The molecular weight excluding hydrogens is 399 g/mol. The van der Waals surface area contributed by atoms with Gasteiger partial charge in [0, 0.05) is 40.3 Å². The minimum absolute atomic E-state index is 0.0370. The summed E-state index contributed by atoms with van der Waals surface area (Å²) in [7, 11) is -0.366. The quantitative estimate of drug-likeness (QED) is 0.601. The minimum Gasteiger partial charge on any atom is -0.348 e. The summed E-state index contributed by atoms with van der Waals surface area (Å²) in [5, 5.41) is 0. The lowest BCUT2D eigenvalue weighted by molar-refractivity contribution is -0.135. The molecule has 2 rings (SSSR count). The van der Waals surface area contributed by atoms with E-state index in [0.29, 0.717) is 6.54 Å². The minimum atomic E-state index is -3.72. The number of benzene rings is 1. The van der Waals surface area contributed by atoms with Crippen molar-refractivity contribution in [3.63, 3.8) is 0 Å². The summed E-state index contributed by atoms with van der Waals surface area (Å²) in [6.45, 7) is 3.82. The average molecular weight is 429 g/mol. The Bertz CT molecular complexity index is 806. The molecule has 10 heteroatoms. The molecule has 0 aromatic heterocycles. The zero-order valence-corrected chi connectivity index (χ0v) is 18.0. The largest absolute Gasteiger partial charge is 0.348 e. The van der Waals surface area contributed by atoms with Crippen LogP contribution in [-0.4, -0.2) is 99.1 Å². The number of piperazine rings is 1. The van der Waals surface area contributed by atoms with Gasteiger partial charge < -0.3 is 9.80 Å². The number of hydrogen-bond acceptors (Lipinski definition) is 5. The van der Waals surface area contributed by atoms with Crippen molar-refractivity contribution < 1.29 is 22.4 Å². The van der Waals surface area contributed by atoms with Crippen LogP contribution in [0, 0.1) is 5.82 Å². The number of sulfonamides is 1. The number of hydrogen-bond donors (Lipinski definition) is 0. The van der Waals surface area contributed by atoms with Crippen LogP contribution in [0.25, 0.3) is 0 Å². The van der Waals surface area contributed by atoms with Gasteiger partial charge in [0.25, 0.3) is 0 Å². The summed E-state index contributed by atoms with van der Waals surface area (Å²) in [6.07, 6.45) is 0.817. The number of carbonyl (C=O) groups excluding carboxylic acids is 2. The molecule has 0 aliphatic carbocycles. The molecule has 1 aromatic carbocycles. The molecule has 0 saturated carbocycles. The summed E-state index contributed by atoms with van der Waals surface area (Å²) in [4.78, 5) is 29.6. The second-order valence-corrected chi connectivity index (χ2v) is 9.18.